The number of carboxylic acids is 1. The van der Waals surface area contributed by atoms with Gasteiger partial charge in [-0.2, -0.15) is 0 Å². The number of carboxylic acid groups (broad SMARTS) is 1. The molecule has 2 heterocycles. The summed E-state index contributed by atoms with van der Waals surface area (Å²) in [6.45, 7) is 9.37. The molecule has 1 aromatic heterocycles. The molecule has 0 unspecified atom stereocenters. The predicted molar refractivity (Wildman–Crippen MR) is 111 cm³/mol. The Kier molecular flexibility index (Phi) is 9.05. The monoisotopic (exact) mass is 428 g/mol. The molecule has 2 N–H and O–H groups in total. The van der Waals surface area contributed by atoms with Crippen molar-refractivity contribution in [2.24, 2.45) is 0 Å². The van der Waals surface area contributed by atoms with E-state index in [0.717, 1.165) is 44.1 Å². The van der Waals surface area contributed by atoms with Crippen LogP contribution in [0.25, 0.3) is 5.69 Å². The number of aromatic nitrogens is 2. The number of halogens is 2. The third kappa shape index (κ3) is 6.98. The molecule has 154 valence electrons. The van der Waals surface area contributed by atoms with Gasteiger partial charge in [-0.1, -0.05) is 30.1 Å². The summed E-state index contributed by atoms with van der Waals surface area (Å²) in [6.07, 6.45) is 0.222. The lowest BCUT2D eigenvalue weighted by Crippen LogP contribution is -2.44. The van der Waals surface area contributed by atoms with Crippen LogP contribution in [-0.2, 0) is 4.79 Å². The van der Waals surface area contributed by atoms with Gasteiger partial charge in [0.2, 0.25) is 5.88 Å². The summed E-state index contributed by atoms with van der Waals surface area (Å²) >= 11 is 12.0. The van der Waals surface area contributed by atoms with Crippen molar-refractivity contribution in [1.82, 2.24) is 20.0 Å². The Hall–Kier alpha value is -1.80. The minimum atomic E-state index is -0.745. The standard InChI is InChI=1S/C16H20Cl2N4O.C3H6O2/c1-12-10-16(23-9-8-21-6-4-19-5-7-21)20-22(12)13-2-3-14(17)15(18)11-13;1-2-3(4)5/h2-3,10-11,19H,4-9H2,1H3;2H2,1H3,(H,4,5). The van der Waals surface area contributed by atoms with E-state index in [9.17, 15) is 4.79 Å². The molecular formula is C19H26Cl2N4O3. The van der Waals surface area contributed by atoms with Crippen LogP contribution in [0.2, 0.25) is 10.0 Å². The van der Waals surface area contributed by atoms with Gasteiger partial charge in [0.05, 0.1) is 15.7 Å². The van der Waals surface area contributed by atoms with Crippen LogP contribution >= 0.6 is 23.2 Å². The first-order valence-corrected chi connectivity index (χ1v) is 9.96. The van der Waals surface area contributed by atoms with Gasteiger partial charge in [0.25, 0.3) is 0 Å². The number of ether oxygens (including phenoxy) is 1. The van der Waals surface area contributed by atoms with E-state index in [4.69, 9.17) is 33.0 Å². The average Bonchev–Trinajstić information content (AvgIpc) is 3.06. The van der Waals surface area contributed by atoms with Crippen LogP contribution < -0.4 is 10.1 Å². The Morgan fingerprint density at radius 3 is 2.54 bits per heavy atom. The Morgan fingerprint density at radius 1 is 1.25 bits per heavy atom. The number of benzene rings is 1. The maximum Gasteiger partial charge on any atom is 0.303 e. The fourth-order valence-electron chi connectivity index (χ4n) is 2.61. The molecule has 1 aromatic carbocycles. The zero-order valence-corrected chi connectivity index (χ0v) is 17.6. The van der Waals surface area contributed by atoms with Crippen molar-refractivity contribution in [2.75, 3.05) is 39.3 Å². The van der Waals surface area contributed by atoms with E-state index >= 15 is 0 Å². The van der Waals surface area contributed by atoms with Crippen LogP contribution in [0.15, 0.2) is 24.3 Å². The van der Waals surface area contributed by atoms with Crippen LogP contribution in [0.5, 0.6) is 5.88 Å². The van der Waals surface area contributed by atoms with Gasteiger partial charge in [-0.05, 0) is 25.1 Å². The molecule has 0 bridgehead atoms. The lowest BCUT2D eigenvalue weighted by Gasteiger charge is -2.26. The molecule has 0 saturated carbocycles. The lowest BCUT2D eigenvalue weighted by atomic mass is 10.3. The number of aryl methyl sites for hydroxylation is 1. The van der Waals surface area contributed by atoms with Crippen LogP contribution in [-0.4, -0.2) is 65.1 Å². The second kappa shape index (κ2) is 11.3. The molecule has 0 amide bonds. The molecule has 28 heavy (non-hydrogen) atoms. The van der Waals surface area contributed by atoms with Crippen molar-refractivity contribution in [3.05, 3.63) is 40.0 Å². The first-order chi connectivity index (χ1) is 13.4. The summed E-state index contributed by atoms with van der Waals surface area (Å²) in [5, 5.41) is 16.6. The summed E-state index contributed by atoms with van der Waals surface area (Å²) in [5.41, 5.74) is 1.86. The van der Waals surface area contributed by atoms with Gasteiger partial charge in [0, 0.05) is 50.9 Å². The lowest BCUT2D eigenvalue weighted by molar-refractivity contribution is -0.136. The highest BCUT2D eigenvalue weighted by molar-refractivity contribution is 6.42. The van der Waals surface area contributed by atoms with Gasteiger partial charge in [0.15, 0.2) is 0 Å². The van der Waals surface area contributed by atoms with E-state index in [1.165, 1.54) is 0 Å². The van der Waals surface area contributed by atoms with Crippen molar-refractivity contribution in [3.8, 4) is 11.6 Å². The molecule has 0 atom stereocenters. The molecule has 0 radical (unpaired) electrons. The zero-order chi connectivity index (χ0) is 20.5. The maximum absolute atomic E-state index is 9.37. The van der Waals surface area contributed by atoms with E-state index in [1.807, 2.05) is 23.7 Å². The highest BCUT2D eigenvalue weighted by atomic mass is 35.5. The third-order valence-electron chi connectivity index (χ3n) is 4.18. The van der Waals surface area contributed by atoms with Gasteiger partial charge >= 0.3 is 5.97 Å². The number of hydrogen-bond donors (Lipinski definition) is 2. The first-order valence-electron chi connectivity index (χ1n) is 9.20. The molecule has 2 aromatic rings. The van der Waals surface area contributed by atoms with E-state index in [-0.39, 0.29) is 6.42 Å². The predicted octanol–water partition coefficient (Wildman–Crippen LogP) is 3.25. The van der Waals surface area contributed by atoms with E-state index in [1.54, 1.807) is 19.1 Å². The minimum Gasteiger partial charge on any atom is -0.481 e. The van der Waals surface area contributed by atoms with E-state index in [2.05, 4.69) is 15.3 Å². The van der Waals surface area contributed by atoms with Crippen molar-refractivity contribution in [3.63, 3.8) is 0 Å². The number of carbonyl (C=O) groups is 1. The summed E-state index contributed by atoms with van der Waals surface area (Å²) in [5.74, 6) is -0.117. The molecule has 1 saturated heterocycles. The fourth-order valence-corrected chi connectivity index (χ4v) is 2.90. The van der Waals surface area contributed by atoms with Crippen LogP contribution in [0.4, 0.5) is 0 Å². The molecule has 1 aliphatic heterocycles. The van der Waals surface area contributed by atoms with Gasteiger partial charge in [0.1, 0.15) is 6.61 Å². The van der Waals surface area contributed by atoms with Crippen LogP contribution in [0.3, 0.4) is 0 Å². The van der Waals surface area contributed by atoms with Crippen LogP contribution in [0.1, 0.15) is 19.0 Å². The number of piperazine rings is 1. The Balaban J connectivity index is 0.000000500. The molecule has 1 aliphatic rings. The van der Waals surface area contributed by atoms with Crippen molar-refractivity contribution >= 4 is 29.2 Å². The Bertz CT molecular complexity index is 777. The topological polar surface area (TPSA) is 79.6 Å². The normalized spacial score (nSPS) is 14.3. The van der Waals surface area contributed by atoms with Crippen LogP contribution in [0, 0.1) is 6.92 Å². The highest BCUT2D eigenvalue weighted by Gasteiger charge is 2.11. The molecule has 9 heteroatoms. The van der Waals surface area contributed by atoms with E-state index < -0.39 is 5.97 Å². The maximum atomic E-state index is 9.37. The Labute approximate surface area is 175 Å². The van der Waals surface area contributed by atoms with Gasteiger partial charge < -0.3 is 15.2 Å². The fraction of sp³-hybridized carbons (Fsp3) is 0.474. The van der Waals surface area contributed by atoms with Crippen molar-refractivity contribution in [1.29, 1.82) is 0 Å². The average molecular weight is 429 g/mol. The SMILES string of the molecule is CCC(=O)O.Cc1cc(OCCN2CCNCC2)nn1-c1ccc(Cl)c(Cl)c1. The summed E-state index contributed by atoms with van der Waals surface area (Å²) in [7, 11) is 0. The summed E-state index contributed by atoms with van der Waals surface area (Å²) in [4.78, 5) is 11.8. The second-order valence-electron chi connectivity index (χ2n) is 6.32. The number of rotatable bonds is 6. The molecule has 0 aliphatic carbocycles. The number of hydrogen-bond acceptors (Lipinski definition) is 5. The third-order valence-corrected chi connectivity index (χ3v) is 4.92. The smallest absolute Gasteiger partial charge is 0.303 e. The first kappa shape index (κ1) is 22.5. The quantitative estimate of drug-likeness (QED) is 0.734. The molecule has 3 rings (SSSR count). The van der Waals surface area contributed by atoms with Crippen molar-refractivity contribution < 1.29 is 14.6 Å². The summed E-state index contributed by atoms with van der Waals surface area (Å²) in [6, 6.07) is 7.39. The number of nitrogens with zero attached hydrogens (tertiary/aromatic N) is 3. The largest absolute Gasteiger partial charge is 0.481 e. The second-order valence-corrected chi connectivity index (χ2v) is 7.14. The number of aliphatic carboxylic acids is 1. The van der Waals surface area contributed by atoms with Gasteiger partial charge in [-0.3, -0.25) is 9.69 Å². The highest BCUT2D eigenvalue weighted by Crippen LogP contribution is 2.25. The van der Waals surface area contributed by atoms with E-state index in [0.29, 0.717) is 22.5 Å². The molecule has 1 fully saturated rings. The van der Waals surface area contributed by atoms with Crippen molar-refractivity contribution in [2.45, 2.75) is 20.3 Å². The minimum absolute atomic E-state index is 0.222. The molecular weight excluding hydrogens is 403 g/mol. The molecule has 0 spiro atoms. The van der Waals surface area contributed by atoms with Gasteiger partial charge in [-0.25, -0.2) is 4.68 Å². The number of nitrogens with one attached hydrogen (secondary N) is 1. The zero-order valence-electron chi connectivity index (χ0n) is 16.1. The van der Waals surface area contributed by atoms with Gasteiger partial charge in [-0.15, -0.1) is 5.10 Å². The summed E-state index contributed by atoms with van der Waals surface area (Å²) < 4.78 is 7.60. The molecule has 7 nitrogen and oxygen atoms in total. The Morgan fingerprint density at radius 2 is 1.93 bits per heavy atom.